The first-order chi connectivity index (χ1) is 9.67. The molecule has 4 N–H and O–H groups in total. The van der Waals surface area contributed by atoms with Crippen LogP contribution in [0.15, 0.2) is 24.3 Å². The first kappa shape index (κ1) is 14.9. The fraction of sp³-hybridized carbons (Fsp3) is 0.562. The lowest BCUT2D eigenvalue weighted by Crippen LogP contribution is -2.38. The molecular formula is C16H25N3O. The van der Waals surface area contributed by atoms with E-state index in [0.717, 1.165) is 24.2 Å². The number of benzene rings is 1. The highest BCUT2D eigenvalue weighted by Crippen LogP contribution is 2.40. The van der Waals surface area contributed by atoms with Crippen LogP contribution >= 0.6 is 0 Å². The molecule has 1 aliphatic rings. The minimum Gasteiger partial charge on any atom is -0.337 e. The van der Waals surface area contributed by atoms with Crippen LogP contribution in [-0.2, 0) is 6.54 Å². The maximum atomic E-state index is 11.9. The number of amides is 2. The molecule has 0 heterocycles. The summed E-state index contributed by atoms with van der Waals surface area (Å²) in [5, 5.41) is 5.89. The fourth-order valence-corrected chi connectivity index (χ4v) is 2.95. The second kappa shape index (κ2) is 6.75. The molecule has 110 valence electrons. The van der Waals surface area contributed by atoms with Crippen LogP contribution in [-0.4, -0.2) is 12.6 Å². The third-order valence-corrected chi connectivity index (χ3v) is 4.49. The van der Waals surface area contributed by atoms with E-state index in [0.29, 0.717) is 12.0 Å². The van der Waals surface area contributed by atoms with E-state index in [9.17, 15) is 4.79 Å². The topological polar surface area (TPSA) is 67.2 Å². The minimum atomic E-state index is -0.120. The summed E-state index contributed by atoms with van der Waals surface area (Å²) >= 11 is 0. The number of rotatable bonds is 5. The highest BCUT2D eigenvalue weighted by molar-refractivity contribution is 5.89. The number of carbonyl (C=O) groups is 1. The van der Waals surface area contributed by atoms with Crippen molar-refractivity contribution in [2.24, 2.45) is 11.1 Å². The molecule has 1 aromatic rings. The number of hydrogen-bond donors (Lipinski definition) is 3. The lowest BCUT2D eigenvalue weighted by molar-refractivity contribution is 0.234. The summed E-state index contributed by atoms with van der Waals surface area (Å²) in [5.41, 5.74) is 7.73. The summed E-state index contributed by atoms with van der Waals surface area (Å²) in [5.74, 6) is 0. The molecule has 0 unspecified atom stereocenters. The number of urea groups is 1. The number of carbonyl (C=O) groups excluding carboxylic acids is 1. The summed E-state index contributed by atoms with van der Waals surface area (Å²) in [6, 6.07) is 7.50. The molecule has 0 bridgehead atoms. The molecule has 0 spiro atoms. The Bertz CT molecular complexity index is 436. The van der Waals surface area contributed by atoms with Crippen molar-refractivity contribution in [2.45, 2.75) is 45.6 Å². The Balaban J connectivity index is 1.82. The molecular weight excluding hydrogens is 250 g/mol. The Morgan fingerprint density at radius 2 is 1.90 bits per heavy atom. The molecule has 20 heavy (non-hydrogen) atoms. The lowest BCUT2D eigenvalue weighted by atomic mass is 9.83. The second-order valence-corrected chi connectivity index (χ2v) is 5.77. The summed E-state index contributed by atoms with van der Waals surface area (Å²) in [7, 11) is 0. The Morgan fingerprint density at radius 1 is 1.25 bits per heavy atom. The van der Waals surface area contributed by atoms with Gasteiger partial charge < -0.3 is 16.4 Å². The summed E-state index contributed by atoms with van der Waals surface area (Å²) in [6.45, 7) is 3.51. The van der Waals surface area contributed by atoms with Crippen molar-refractivity contribution in [3.05, 3.63) is 29.8 Å². The lowest BCUT2D eigenvalue weighted by Gasteiger charge is -2.27. The third kappa shape index (κ3) is 3.73. The molecule has 0 saturated heterocycles. The van der Waals surface area contributed by atoms with Gasteiger partial charge in [-0.05, 0) is 42.4 Å². The van der Waals surface area contributed by atoms with Gasteiger partial charge in [0.05, 0.1) is 0 Å². The van der Waals surface area contributed by atoms with Gasteiger partial charge in [0, 0.05) is 18.8 Å². The van der Waals surface area contributed by atoms with Crippen LogP contribution in [0, 0.1) is 5.41 Å². The van der Waals surface area contributed by atoms with Crippen molar-refractivity contribution in [1.82, 2.24) is 5.32 Å². The summed E-state index contributed by atoms with van der Waals surface area (Å²) < 4.78 is 0. The van der Waals surface area contributed by atoms with Gasteiger partial charge in [0.1, 0.15) is 0 Å². The zero-order chi connectivity index (χ0) is 14.4. The van der Waals surface area contributed by atoms with Crippen molar-refractivity contribution in [3.63, 3.8) is 0 Å². The molecule has 0 aliphatic heterocycles. The monoisotopic (exact) mass is 275 g/mol. The van der Waals surface area contributed by atoms with E-state index in [1.165, 1.54) is 25.7 Å². The Kier molecular flexibility index (Phi) is 5.01. The largest absolute Gasteiger partial charge is 0.337 e. The highest BCUT2D eigenvalue weighted by atomic mass is 16.2. The maximum absolute atomic E-state index is 11.9. The van der Waals surface area contributed by atoms with Crippen molar-refractivity contribution >= 4 is 11.7 Å². The van der Waals surface area contributed by atoms with Gasteiger partial charge in [0.15, 0.2) is 0 Å². The summed E-state index contributed by atoms with van der Waals surface area (Å²) in [6.07, 6.45) is 6.18. The average Bonchev–Trinajstić information content (AvgIpc) is 2.95. The van der Waals surface area contributed by atoms with Crippen LogP contribution in [0.1, 0.15) is 44.6 Å². The molecule has 1 aromatic carbocycles. The van der Waals surface area contributed by atoms with Gasteiger partial charge in [-0.2, -0.15) is 0 Å². The van der Waals surface area contributed by atoms with Crippen molar-refractivity contribution in [2.75, 3.05) is 11.9 Å². The Hall–Kier alpha value is -1.55. The van der Waals surface area contributed by atoms with Crippen LogP contribution in [0.4, 0.5) is 10.5 Å². The van der Waals surface area contributed by atoms with Crippen molar-refractivity contribution in [1.29, 1.82) is 0 Å². The van der Waals surface area contributed by atoms with Gasteiger partial charge in [-0.25, -0.2) is 4.79 Å². The quantitative estimate of drug-likeness (QED) is 0.772. The van der Waals surface area contributed by atoms with E-state index >= 15 is 0 Å². The second-order valence-electron chi connectivity index (χ2n) is 5.77. The zero-order valence-corrected chi connectivity index (χ0v) is 12.2. The predicted octanol–water partition coefficient (Wildman–Crippen LogP) is 3.24. The molecule has 1 aliphatic carbocycles. The van der Waals surface area contributed by atoms with Crippen LogP contribution in [0.2, 0.25) is 0 Å². The molecule has 0 radical (unpaired) electrons. The molecule has 4 heteroatoms. The van der Waals surface area contributed by atoms with Gasteiger partial charge in [0.2, 0.25) is 0 Å². The van der Waals surface area contributed by atoms with Crippen LogP contribution in [0.25, 0.3) is 0 Å². The van der Waals surface area contributed by atoms with Gasteiger partial charge in [-0.15, -0.1) is 0 Å². The minimum absolute atomic E-state index is 0.120. The number of nitrogens with one attached hydrogen (secondary N) is 2. The third-order valence-electron chi connectivity index (χ3n) is 4.49. The van der Waals surface area contributed by atoms with E-state index in [1.54, 1.807) is 0 Å². The molecule has 2 amide bonds. The molecule has 2 rings (SSSR count). The van der Waals surface area contributed by atoms with E-state index in [4.69, 9.17) is 5.73 Å². The number of nitrogens with two attached hydrogens (primary N) is 1. The number of hydrogen-bond acceptors (Lipinski definition) is 2. The van der Waals surface area contributed by atoms with Gasteiger partial charge >= 0.3 is 6.03 Å². The molecule has 0 aromatic heterocycles. The van der Waals surface area contributed by atoms with Crippen LogP contribution in [0.3, 0.4) is 0 Å². The fourth-order valence-electron chi connectivity index (χ4n) is 2.95. The van der Waals surface area contributed by atoms with Gasteiger partial charge in [-0.1, -0.05) is 31.9 Å². The zero-order valence-electron chi connectivity index (χ0n) is 12.2. The Morgan fingerprint density at radius 3 is 2.45 bits per heavy atom. The van der Waals surface area contributed by atoms with Crippen LogP contribution < -0.4 is 16.4 Å². The maximum Gasteiger partial charge on any atom is 0.319 e. The smallest absolute Gasteiger partial charge is 0.319 e. The van der Waals surface area contributed by atoms with Crippen molar-refractivity contribution in [3.8, 4) is 0 Å². The number of anilines is 1. The molecule has 4 nitrogen and oxygen atoms in total. The molecule has 0 atom stereocenters. The first-order valence-electron chi connectivity index (χ1n) is 7.51. The predicted molar refractivity (Wildman–Crippen MR) is 82.5 cm³/mol. The Labute approximate surface area is 121 Å². The summed E-state index contributed by atoms with van der Waals surface area (Å²) in [4.78, 5) is 11.9. The van der Waals surface area contributed by atoms with E-state index in [-0.39, 0.29) is 6.03 Å². The first-order valence-corrected chi connectivity index (χ1v) is 7.51. The van der Waals surface area contributed by atoms with E-state index < -0.39 is 0 Å². The normalized spacial score (nSPS) is 16.9. The van der Waals surface area contributed by atoms with Crippen molar-refractivity contribution < 1.29 is 4.79 Å². The average molecular weight is 275 g/mol. The standard InChI is InChI=1S/C16H25N3O/c1-2-16(9-3-4-10-16)12-18-15(20)19-14-7-5-13(11-17)6-8-14/h5-8H,2-4,9-12,17H2,1H3,(H2,18,19,20). The highest BCUT2D eigenvalue weighted by Gasteiger charge is 2.32. The molecule has 1 saturated carbocycles. The van der Waals surface area contributed by atoms with Gasteiger partial charge in [-0.3, -0.25) is 0 Å². The SMILES string of the molecule is CCC1(CNC(=O)Nc2ccc(CN)cc2)CCCC1. The molecule has 1 fully saturated rings. The van der Waals surface area contributed by atoms with Gasteiger partial charge in [0.25, 0.3) is 0 Å². The van der Waals surface area contributed by atoms with E-state index in [2.05, 4.69) is 17.6 Å². The van der Waals surface area contributed by atoms with Crippen LogP contribution in [0.5, 0.6) is 0 Å². The van der Waals surface area contributed by atoms with E-state index in [1.807, 2.05) is 24.3 Å².